The maximum atomic E-state index is 4.51. The third-order valence-electron chi connectivity index (χ3n) is 0.405. The lowest BCUT2D eigenvalue weighted by Gasteiger charge is -1.43. The van der Waals surface area contributed by atoms with Crippen LogP contribution in [0.4, 0.5) is 0 Å². The van der Waals surface area contributed by atoms with Gasteiger partial charge in [0, 0.05) is 0 Å². The van der Waals surface area contributed by atoms with Crippen LogP contribution in [0.5, 0.6) is 0 Å². The van der Waals surface area contributed by atoms with Gasteiger partial charge in [0.05, 0.1) is 0 Å². The van der Waals surface area contributed by atoms with Crippen LogP contribution >= 0.6 is 12.4 Å². The van der Waals surface area contributed by atoms with Crippen molar-refractivity contribution in [2.75, 3.05) is 0 Å². The minimum Gasteiger partial charge on any atom is -0.199 e. The molecule has 0 atom stereocenters. The van der Waals surface area contributed by atoms with E-state index in [-0.39, 0.29) is 0 Å². The molecule has 4 heteroatoms. The van der Waals surface area contributed by atoms with Crippen LogP contribution in [0.1, 0.15) is 0 Å². The summed E-state index contributed by atoms with van der Waals surface area (Å²) in [6.07, 6.45) is 3.07. The molecular weight excluding hydrogens is 100 g/mol. The van der Waals surface area contributed by atoms with Crippen molar-refractivity contribution in [3.63, 3.8) is 0 Å². The predicted octanol–water partition coefficient (Wildman–Crippen LogP) is 0.137. The van der Waals surface area contributed by atoms with E-state index in [9.17, 15) is 0 Å². The first-order valence-electron chi connectivity index (χ1n) is 1.45. The number of nitrogens with zero attached hydrogens (tertiary/aromatic N) is 1. The highest BCUT2D eigenvalue weighted by molar-refractivity contribution is 7.66. The van der Waals surface area contributed by atoms with Crippen LogP contribution in [0.15, 0.2) is 17.0 Å². The third kappa shape index (κ3) is 0.463. The van der Waals surface area contributed by atoms with E-state index in [1.54, 1.807) is 6.20 Å². The van der Waals surface area contributed by atoms with Crippen LogP contribution in [0.2, 0.25) is 0 Å². The first-order valence-corrected chi connectivity index (χ1v) is 1.81. The highest BCUT2D eigenvalue weighted by Crippen LogP contribution is 1.61. The van der Waals surface area contributed by atoms with Crippen molar-refractivity contribution < 1.29 is 8.42 Å². The topological polar surface area (TPSA) is 34.8 Å². The second-order valence-corrected chi connectivity index (χ2v) is 1.13. The van der Waals surface area contributed by atoms with Crippen LogP contribution in [-0.4, -0.2) is 5.10 Å². The Morgan fingerprint density at radius 3 is 2.83 bits per heavy atom. The monoisotopic (exact) mass is 103 g/mol. The standard InChI is InChI=1S/C2H3N2OS/c6-4-3-1-2-5-4/h1-2H,(H,3,6)/q+1. The second-order valence-electron chi connectivity index (χ2n) is 0.794. The zero-order valence-corrected chi connectivity index (χ0v) is 3.73. The van der Waals surface area contributed by atoms with Gasteiger partial charge in [-0.05, 0) is 0 Å². The van der Waals surface area contributed by atoms with Crippen molar-refractivity contribution in [3.05, 3.63) is 12.5 Å². The molecule has 0 saturated carbocycles. The van der Waals surface area contributed by atoms with E-state index in [0.717, 1.165) is 3.90 Å². The van der Waals surface area contributed by atoms with Gasteiger partial charge in [-0.25, -0.2) is 0 Å². The van der Waals surface area contributed by atoms with Crippen molar-refractivity contribution in [2.24, 2.45) is 0 Å². The average molecular weight is 103 g/mol. The smallest absolute Gasteiger partial charge is 0.199 e. The van der Waals surface area contributed by atoms with Gasteiger partial charge in [0.15, 0.2) is 10.2 Å². The first kappa shape index (κ1) is 3.55. The maximum absolute atomic E-state index is 4.51. The van der Waals surface area contributed by atoms with Gasteiger partial charge in [0.1, 0.15) is 6.20 Å². The summed E-state index contributed by atoms with van der Waals surface area (Å²) in [4.78, 5) is 0. The van der Waals surface area contributed by atoms with Crippen LogP contribution in [0, 0.1) is 0 Å². The maximum Gasteiger partial charge on any atom is 0.361 e. The third-order valence-corrected chi connectivity index (χ3v) is 0.596. The van der Waals surface area contributed by atoms with Crippen molar-refractivity contribution >= 4 is 12.4 Å². The first-order chi connectivity index (χ1) is 2.89. The van der Waals surface area contributed by atoms with Gasteiger partial charge < -0.3 is 0 Å². The summed E-state index contributed by atoms with van der Waals surface area (Å²) in [5.41, 5.74) is 0. The Kier molecular flexibility index (Phi) is 0.719. The summed E-state index contributed by atoms with van der Waals surface area (Å²) in [5.74, 6) is 0. The summed E-state index contributed by atoms with van der Waals surface area (Å²) in [7, 11) is 0. The lowest BCUT2D eigenvalue weighted by molar-refractivity contribution is -0.706. The lowest BCUT2D eigenvalue weighted by atomic mass is 11.0. The molecule has 1 aromatic heterocycles. The Hall–Kier alpha value is -0.640. The Balaban J connectivity index is 3.41. The summed E-state index contributed by atoms with van der Waals surface area (Å²) in [5, 5.41) is 2.56. The molecule has 1 aromatic rings. The van der Waals surface area contributed by atoms with Crippen molar-refractivity contribution in [1.29, 1.82) is 0 Å². The fourth-order valence-corrected chi connectivity index (χ4v) is 0.318. The fraction of sp³-hybridized carbons (Fsp3) is 0. The number of hydrogen-bond acceptors (Lipinski definition) is 2. The molecule has 0 radical (unpaired) electrons. The molecule has 1 heterocycles. The van der Waals surface area contributed by atoms with Gasteiger partial charge in [-0.15, -0.1) is 5.10 Å². The Labute approximate surface area is 39.3 Å². The molecule has 0 bridgehead atoms. The number of rotatable bonds is 0. The van der Waals surface area contributed by atoms with Crippen LogP contribution in [0.3, 0.4) is 0 Å². The Morgan fingerprint density at radius 2 is 2.67 bits per heavy atom. The minimum atomic E-state index is 1.08. The number of aromatic amines is 1. The van der Waals surface area contributed by atoms with Crippen molar-refractivity contribution in [3.8, 4) is 0 Å². The zero-order valence-electron chi connectivity index (χ0n) is 2.92. The molecule has 6 heavy (non-hydrogen) atoms. The molecule has 0 aromatic carbocycles. The highest BCUT2D eigenvalue weighted by atomic mass is 32.1. The van der Waals surface area contributed by atoms with Gasteiger partial charge in [-0.1, -0.05) is 0 Å². The summed E-state index contributed by atoms with van der Waals surface area (Å²) < 4.78 is 5.59. The van der Waals surface area contributed by atoms with E-state index in [1.165, 1.54) is 6.26 Å². The molecule has 0 amide bonds. The number of H-pyrrole nitrogens is 1. The molecule has 0 aliphatic heterocycles. The quantitative estimate of drug-likeness (QED) is 0.474. The summed E-state index contributed by atoms with van der Waals surface area (Å²) in [6.45, 7) is 0. The number of hydrogen-bond donors (Lipinski definition) is 1. The van der Waals surface area contributed by atoms with E-state index in [2.05, 4.69) is 22.0 Å². The molecule has 1 rings (SSSR count). The molecule has 32 valence electrons. The van der Waals surface area contributed by atoms with E-state index in [0.29, 0.717) is 0 Å². The van der Waals surface area contributed by atoms with Gasteiger partial charge >= 0.3 is 12.4 Å². The highest BCUT2D eigenvalue weighted by Gasteiger charge is 1.77. The molecule has 0 fully saturated rings. The van der Waals surface area contributed by atoms with E-state index >= 15 is 0 Å². The van der Waals surface area contributed by atoms with Gasteiger partial charge in [0.2, 0.25) is 0 Å². The van der Waals surface area contributed by atoms with Gasteiger partial charge in [-0.3, -0.25) is 0 Å². The molecule has 0 saturated heterocycles. The Bertz CT molecular complexity index is 149. The van der Waals surface area contributed by atoms with Crippen LogP contribution in [0.25, 0.3) is 0 Å². The van der Waals surface area contributed by atoms with Crippen molar-refractivity contribution in [2.45, 2.75) is 0 Å². The SMILES string of the molecule is S=[n+]1[nH]cco1. The molecule has 0 spiro atoms. The fourth-order valence-electron chi connectivity index (χ4n) is 0.207. The normalized spacial score (nSPS) is 8.67. The lowest BCUT2D eigenvalue weighted by Crippen LogP contribution is -2.07. The van der Waals surface area contributed by atoms with E-state index in [1.807, 2.05) is 0 Å². The predicted molar refractivity (Wildman–Crippen MR) is 20.6 cm³/mol. The number of nitrogens with one attached hydrogen (secondary N) is 1. The molecular formula is C2H3N2OS+. The summed E-state index contributed by atoms with van der Waals surface area (Å²) in [6, 6.07) is 0. The van der Waals surface area contributed by atoms with Gasteiger partial charge in [0.25, 0.3) is 0 Å². The molecule has 1 N–H and O–H groups in total. The summed E-state index contributed by atoms with van der Waals surface area (Å²) >= 11 is 4.44. The minimum absolute atomic E-state index is 1.08. The second kappa shape index (κ2) is 1.22. The molecule has 3 nitrogen and oxygen atoms in total. The van der Waals surface area contributed by atoms with Gasteiger partial charge in [-0.2, -0.15) is 4.52 Å². The zero-order chi connectivity index (χ0) is 4.41. The molecule has 0 unspecified atom stereocenters. The van der Waals surface area contributed by atoms with Crippen molar-refractivity contribution in [1.82, 2.24) is 5.10 Å². The average Bonchev–Trinajstić information content (AvgIpc) is 1.86. The number of aromatic nitrogens is 2. The van der Waals surface area contributed by atoms with Crippen LogP contribution in [-0.2, 0) is 0 Å². The molecule has 0 aliphatic rings. The largest absolute Gasteiger partial charge is 0.361 e. The van der Waals surface area contributed by atoms with E-state index < -0.39 is 0 Å². The molecule has 0 aliphatic carbocycles. The Morgan fingerprint density at radius 1 is 1.83 bits per heavy atom. The van der Waals surface area contributed by atoms with E-state index in [4.69, 9.17) is 0 Å². The van der Waals surface area contributed by atoms with Crippen LogP contribution < -0.4 is 3.90 Å².